The molecule has 0 amide bonds. The monoisotopic (exact) mass is 395 g/mol. The van der Waals surface area contributed by atoms with E-state index >= 15 is 0 Å². The van der Waals surface area contributed by atoms with Crippen LogP contribution in [0.3, 0.4) is 0 Å². The third-order valence-electron chi connectivity index (χ3n) is 7.70. The Balaban J connectivity index is 1.34. The predicted molar refractivity (Wildman–Crippen MR) is 118 cm³/mol. The minimum atomic E-state index is -0.364. The molecule has 1 aromatic carbocycles. The third-order valence-corrected chi connectivity index (χ3v) is 7.70. The summed E-state index contributed by atoms with van der Waals surface area (Å²) in [6.45, 7) is 5.40. The highest BCUT2D eigenvalue weighted by molar-refractivity contribution is 5.39. The van der Waals surface area contributed by atoms with Gasteiger partial charge in [0.15, 0.2) is 0 Å². The summed E-state index contributed by atoms with van der Waals surface area (Å²) in [5.74, 6) is 0.574. The maximum atomic E-state index is 9.63. The number of hydrogen-bond acceptors (Lipinski definition) is 3. The van der Waals surface area contributed by atoms with E-state index in [1.54, 1.807) is 0 Å². The Bertz CT molecular complexity index is 780. The Morgan fingerprint density at radius 3 is 2.59 bits per heavy atom. The molecule has 2 fully saturated rings. The molecule has 4 atom stereocenters. The highest BCUT2D eigenvalue weighted by Gasteiger charge is 2.44. The molecule has 0 radical (unpaired) electrons. The molecule has 0 saturated heterocycles. The molecule has 0 spiro atoms. The van der Waals surface area contributed by atoms with Crippen molar-refractivity contribution >= 4 is 0 Å². The van der Waals surface area contributed by atoms with Crippen LogP contribution in [0.5, 0.6) is 0 Å². The Kier molecular flexibility index (Phi) is 6.02. The Hall–Kier alpha value is -1.42. The molecular weight excluding hydrogens is 358 g/mol. The summed E-state index contributed by atoms with van der Waals surface area (Å²) >= 11 is 0. The van der Waals surface area contributed by atoms with Gasteiger partial charge in [-0.2, -0.15) is 0 Å². The van der Waals surface area contributed by atoms with Gasteiger partial charge in [-0.25, -0.2) is 0 Å². The highest BCUT2D eigenvalue weighted by atomic mass is 16.5. The molecule has 0 aromatic heterocycles. The number of aliphatic hydroxyl groups excluding tert-OH is 1. The van der Waals surface area contributed by atoms with Crippen molar-refractivity contribution in [3.63, 3.8) is 0 Å². The van der Waals surface area contributed by atoms with Crippen molar-refractivity contribution < 1.29 is 9.84 Å². The average Bonchev–Trinajstić information content (AvgIpc) is 3.16. The van der Waals surface area contributed by atoms with Crippen molar-refractivity contribution in [1.82, 2.24) is 0 Å². The van der Waals surface area contributed by atoms with Crippen LogP contribution in [-0.4, -0.2) is 23.4 Å². The highest BCUT2D eigenvalue weighted by Crippen LogP contribution is 2.50. The van der Waals surface area contributed by atoms with E-state index in [-0.39, 0.29) is 17.6 Å². The van der Waals surface area contributed by atoms with Gasteiger partial charge >= 0.3 is 0 Å². The van der Waals surface area contributed by atoms with Crippen LogP contribution in [-0.2, 0) is 17.8 Å². The zero-order chi connectivity index (χ0) is 20.5. The van der Waals surface area contributed by atoms with Crippen LogP contribution in [0.1, 0.15) is 69.9 Å². The molecule has 3 heteroatoms. The second-order valence-corrected chi connectivity index (χ2v) is 9.91. The predicted octanol–water partition coefficient (Wildman–Crippen LogP) is 5.07. The number of benzene rings is 1. The van der Waals surface area contributed by atoms with Crippen molar-refractivity contribution in [2.24, 2.45) is 17.1 Å². The van der Waals surface area contributed by atoms with Gasteiger partial charge in [-0.05, 0) is 85.0 Å². The third kappa shape index (κ3) is 4.52. The fourth-order valence-electron chi connectivity index (χ4n) is 5.51. The first-order valence-electron chi connectivity index (χ1n) is 11.4. The van der Waals surface area contributed by atoms with E-state index in [9.17, 15) is 5.11 Å². The van der Waals surface area contributed by atoms with Crippen LogP contribution in [0.4, 0.5) is 0 Å². The summed E-state index contributed by atoms with van der Waals surface area (Å²) in [5.41, 5.74) is 11.9. The lowest BCUT2D eigenvalue weighted by atomic mass is 9.67. The molecule has 0 heterocycles. The van der Waals surface area contributed by atoms with Crippen LogP contribution in [0, 0.1) is 11.3 Å². The number of nitrogens with two attached hydrogens (primary N) is 1. The topological polar surface area (TPSA) is 55.5 Å². The molecule has 29 heavy (non-hydrogen) atoms. The van der Waals surface area contributed by atoms with Gasteiger partial charge in [-0.1, -0.05) is 50.3 Å². The Labute approximate surface area is 176 Å². The fraction of sp³-hybridized carbons (Fsp3) is 0.615. The van der Waals surface area contributed by atoms with Crippen molar-refractivity contribution in [3.8, 4) is 0 Å². The summed E-state index contributed by atoms with van der Waals surface area (Å²) in [4.78, 5) is 0. The van der Waals surface area contributed by atoms with Crippen LogP contribution >= 0.6 is 0 Å². The van der Waals surface area contributed by atoms with Gasteiger partial charge in [0.2, 0.25) is 0 Å². The van der Waals surface area contributed by atoms with Gasteiger partial charge in [-0.15, -0.1) is 0 Å². The molecule has 1 unspecified atom stereocenters. The van der Waals surface area contributed by atoms with Gasteiger partial charge in [0.25, 0.3) is 0 Å². The van der Waals surface area contributed by atoms with Gasteiger partial charge in [0.1, 0.15) is 0 Å². The summed E-state index contributed by atoms with van der Waals surface area (Å²) in [7, 11) is 0. The van der Waals surface area contributed by atoms with Crippen LogP contribution < -0.4 is 5.73 Å². The molecule has 0 aliphatic heterocycles. The minimum absolute atomic E-state index is 0.109. The van der Waals surface area contributed by atoms with Crippen molar-refractivity contribution in [1.29, 1.82) is 0 Å². The van der Waals surface area contributed by atoms with Crippen LogP contribution in [0.25, 0.3) is 0 Å². The first-order valence-corrected chi connectivity index (χ1v) is 11.4. The molecular formula is C26H37NO2. The Morgan fingerprint density at radius 1 is 1.14 bits per heavy atom. The number of rotatable bonds is 6. The quantitative estimate of drug-likeness (QED) is 0.707. The van der Waals surface area contributed by atoms with E-state index in [0.29, 0.717) is 18.6 Å². The number of hydrogen-bond donors (Lipinski definition) is 2. The largest absolute Gasteiger partial charge is 0.394 e. The second kappa shape index (κ2) is 8.37. The lowest BCUT2D eigenvalue weighted by molar-refractivity contribution is 0.0311. The minimum Gasteiger partial charge on any atom is -0.394 e. The smallest absolute Gasteiger partial charge is 0.0720 e. The van der Waals surface area contributed by atoms with Crippen molar-refractivity contribution in [2.75, 3.05) is 6.61 Å². The molecule has 3 N–H and O–H groups in total. The zero-order valence-electron chi connectivity index (χ0n) is 18.1. The molecule has 3 aliphatic rings. The fourth-order valence-corrected chi connectivity index (χ4v) is 5.51. The van der Waals surface area contributed by atoms with E-state index in [0.717, 1.165) is 51.4 Å². The maximum absolute atomic E-state index is 9.63. The van der Waals surface area contributed by atoms with E-state index in [1.165, 1.54) is 22.3 Å². The lowest BCUT2D eigenvalue weighted by Gasteiger charge is -2.39. The summed E-state index contributed by atoms with van der Waals surface area (Å²) in [6.07, 6.45) is 13.8. The van der Waals surface area contributed by atoms with Gasteiger partial charge in [-0.3, -0.25) is 0 Å². The molecule has 158 valence electrons. The van der Waals surface area contributed by atoms with E-state index in [2.05, 4.69) is 50.3 Å². The normalized spacial score (nSPS) is 34.5. The standard InChI is InChI=1S/C26H37NO2/c1-3-19-4-6-20(7-5-19)17-29-24-9-8-22-15-25(2,12-10-21(22)14-24)23-11-13-26(27,16-23)18-28/h4-7,10,15,23-24,28H,3,8-9,11-14,16-18,27H2,1-2H3/t23-,24+,25?,26+/m0/s1. The molecule has 3 aliphatic carbocycles. The van der Waals surface area contributed by atoms with Crippen molar-refractivity contribution in [2.45, 2.75) is 83.5 Å². The zero-order valence-corrected chi connectivity index (χ0v) is 18.1. The molecule has 1 aromatic rings. The number of aryl methyl sites for hydroxylation is 1. The summed E-state index contributed by atoms with van der Waals surface area (Å²) < 4.78 is 6.27. The summed E-state index contributed by atoms with van der Waals surface area (Å²) in [5, 5.41) is 9.63. The maximum Gasteiger partial charge on any atom is 0.0720 e. The first kappa shape index (κ1) is 20.8. The Morgan fingerprint density at radius 2 is 1.90 bits per heavy atom. The van der Waals surface area contributed by atoms with E-state index in [4.69, 9.17) is 10.5 Å². The molecule has 2 saturated carbocycles. The van der Waals surface area contributed by atoms with Gasteiger partial charge in [0, 0.05) is 5.54 Å². The van der Waals surface area contributed by atoms with E-state index in [1.807, 2.05) is 0 Å². The first-order chi connectivity index (χ1) is 13.9. The average molecular weight is 396 g/mol. The second-order valence-electron chi connectivity index (χ2n) is 9.91. The molecule has 0 bridgehead atoms. The van der Waals surface area contributed by atoms with Gasteiger partial charge < -0.3 is 15.6 Å². The van der Waals surface area contributed by atoms with E-state index < -0.39 is 0 Å². The number of fused-ring (bicyclic) bond motifs is 1. The van der Waals surface area contributed by atoms with Gasteiger partial charge in [0.05, 0.1) is 19.3 Å². The van der Waals surface area contributed by atoms with Crippen molar-refractivity contribution in [3.05, 3.63) is 58.7 Å². The molecule has 4 rings (SSSR count). The summed E-state index contributed by atoms with van der Waals surface area (Å²) in [6, 6.07) is 8.81. The van der Waals surface area contributed by atoms with Crippen LogP contribution in [0.2, 0.25) is 0 Å². The number of ether oxygens (including phenoxy) is 1. The van der Waals surface area contributed by atoms with Crippen LogP contribution in [0.15, 0.2) is 47.6 Å². The molecule has 3 nitrogen and oxygen atoms in total. The lowest BCUT2D eigenvalue weighted by Crippen LogP contribution is -2.42. The SMILES string of the molecule is CCc1ccc(CO[C@@H]2CCC3=CC(C)([C@H]4CC[C@](N)(CO)C4)CC=C3C2)cc1. The number of aliphatic hydroxyl groups is 1. The number of allylic oxidation sites excluding steroid dienone is 3.